The third-order valence-electron chi connectivity index (χ3n) is 2.25. The molecule has 0 radical (unpaired) electrons. The molecule has 16 heavy (non-hydrogen) atoms. The summed E-state index contributed by atoms with van der Waals surface area (Å²) < 4.78 is 1.81. The van der Waals surface area contributed by atoms with Gasteiger partial charge in [0.25, 0.3) is 0 Å². The molecule has 2 rings (SSSR count). The summed E-state index contributed by atoms with van der Waals surface area (Å²) in [6, 6.07) is 8.49. The van der Waals surface area contributed by atoms with E-state index in [9.17, 15) is 0 Å². The van der Waals surface area contributed by atoms with Crippen LogP contribution < -0.4 is 0 Å². The van der Waals surface area contributed by atoms with Crippen molar-refractivity contribution in [2.75, 3.05) is 0 Å². The van der Waals surface area contributed by atoms with E-state index in [-0.39, 0.29) is 0 Å². The van der Waals surface area contributed by atoms with E-state index in [0.29, 0.717) is 0 Å². The average molecular weight is 234 g/mol. The van der Waals surface area contributed by atoms with Gasteiger partial charge in [-0.15, -0.1) is 5.10 Å². The number of aromatic nitrogens is 4. The van der Waals surface area contributed by atoms with E-state index in [4.69, 9.17) is 0 Å². The minimum absolute atomic E-state index is 0.809. The van der Waals surface area contributed by atoms with Crippen LogP contribution in [-0.2, 0) is 12.3 Å². The van der Waals surface area contributed by atoms with Crippen LogP contribution in [0.1, 0.15) is 18.1 Å². The van der Waals surface area contributed by atoms with Gasteiger partial charge in [-0.1, -0.05) is 41.6 Å². The lowest BCUT2D eigenvalue weighted by atomic mass is 10.2. The van der Waals surface area contributed by atoms with E-state index in [1.807, 2.05) is 6.92 Å². The molecule has 0 unspecified atom stereocenters. The highest BCUT2D eigenvalue weighted by Crippen LogP contribution is 2.20. The van der Waals surface area contributed by atoms with Crippen molar-refractivity contribution in [2.45, 2.75) is 31.3 Å². The second-order valence-corrected chi connectivity index (χ2v) is 4.50. The SMILES string of the molecule is CCn1nnnc1SCc1cccc(C)c1. The Hall–Kier alpha value is -1.36. The van der Waals surface area contributed by atoms with Gasteiger partial charge in [-0.05, 0) is 29.8 Å². The molecule has 0 fully saturated rings. The molecule has 84 valence electrons. The van der Waals surface area contributed by atoms with E-state index < -0.39 is 0 Å². The Morgan fingerprint density at radius 3 is 3.00 bits per heavy atom. The summed E-state index contributed by atoms with van der Waals surface area (Å²) in [5.74, 6) is 0.905. The first-order valence-corrected chi connectivity index (χ1v) is 6.22. The number of hydrogen-bond acceptors (Lipinski definition) is 4. The maximum Gasteiger partial charge on any atom is 0.209 e. The van der Waals surface area contributed by atoms with Crippen molar-refractivity contribution in [1.82, 2.24) is 20.2 Å². The highest BCUT2D eigenvalue weighted by molar-refractivity contribution is 7.98. The predicted molar refractivity (Wildman–Crippen MR) is 64.2 cm³/mol. The lowest BCUT2D eigenvalue weighted by Crippen LogP contribution is -1.98. The third kappa shape index (κ3) is 2.61. The molecule has 1 aromatic heterocycles. The second kappa shape index (κ2) is 5.12. The Morgan fingerprint density at radius 2 is 2.25 bits per heavy atom. The first-order valence-electron chi connectivity index (χ1n) is 5.24. The zero-order chi connectivity index (χ0) is 11.4. The summed E-state index contributed by atoms with van der Waals surface area (Å²) in [5.41, 5.74) is 2.59. The maximum absolute atomic E-state index is 3.99. The Kier molecular flexibility index (Phi) is 3.56. The van der Waals surface area contributed by atoms with Gasteiger partial charge >= 0.3 is 0 Å². The molecule has 0 N–H and O–H groups in total. The Morgan fingerprint density at radius 1 is 1.38 bits per heavy atom. The molecule has 0 spiro atoms. The molecule has 1 aromatic carbocycles. The van der Waals surface area contributed by atoms with Crippen molar-refractivity contribution in [3.05, 3.63) is 35.4 Å². The number of tetrazole rings is 1. The predicted octanol–water partition coefficient (Wildman–Crippen LogP) is 2.29. The Bertz CT molecular complexity index is 467. The fraction of sp³-hybridized carbons (Fsp3) is 0.364. The van der Waals surface area contributed by atoms with E-state index in [2.05, 4.69) is 46.7 Å². The molecule has 0 aliphatic rings. The summed E-state index contributed by atoms with van der Waals surface area (Å²) in [6.07, 6.45) is 0. The lowest BCUT2D eigenvalue weighted by molar-refractivity contribution is 0.581. The van der Waals surface area contributed by atoms with Gasteiger partial charge in [0.1, 0.15) is 0 Å². The number of rotatable bonds is 4. The highest BCUT2D eigenvalue weighted by Gasteiger charge is 2.04. The summed E-state index contributed by atoms with van der Waals surface area (Å²) in [7, 11) is 0. The molecular formula is C11H14N4S. The van der Waals surface area contributed by atoms with Crippen molar-refractivity contribution in [3.63, 3.8) is 0 Å². The van der Waals surface area contributed by atoms with E-state index >= 15 is 0 Å². The van der Waals surface area contributed by atoms with Crippen LogP contribution in [0.15, 0.2) is 29.4 Å². The van der Waals surface area contributed by atoms with E-state index in [1.165, 1.54) is 11.1 Å². The minimum atomic E-state index is 0.809. The van der Waals surface area contributed by atoms with Crippen LogP contribution in [-0.4, -0.2) is 20.2 Å². The van der Waals surface area contributed by atoms with Crippen molar-refractivity contribution in [1.29, 1.82) is 0 Å². The first-order chi connectivity index (χ1) is 7.79. The highest BCUT2D eigenvalue weighted by atomic mass is 32.2. The molecule has 0 aliphatic carbocycles. The molecule has 0 bridgehead atoms. The van der Waals surface area contributed by atoms with Crippen LogP contribution in [0.3, 0.4) is 0 Å². The van der Waals surface area contributed by atoms with E-state index in [1.54, 1.807) is 16.4 Å². The minimum Gasteiger partial charge on any atom is -0.221 e. The summed E-state index contributed by atoms with van der Waals surface area (Å²) in [6.45, 7) is 4.94. The van der Waals surface area contributed by atoms with Crippen LogP contribution in [0.5, 0.6) is 0 Å². The van der Waals surface area contributed by atoms with Gasteiger partial charge < -0.3 is 0 Å². The van der Waals surface area contributed by atoms with Crippen LogP contribution in [0.2, 0.25) is 0 Å². The van der Waals surface area contributed by atoms with Gasteiger partial charge in [0.2, 0.25) is 5.16 Å². The summed E-state index contributed by atoms with van der Waals surface area (Å²) >= 11 is 1.67. The molecular weight excluding hydrogens is 220 g/mol. The van der Waals surface area contributed by atoms with Gasteiger partial charge in [-0.25, -0.2) is 4.68 Å². The fourth-order valence-electron chi connectivity index (χ4n) is 1.45. The van der Waals surface area contributed by atoms with Crippen molar-refractivity contribution in [2.24, 2.45) is 0 Å². The van der Waals surface area contributed by atoms with Gasteiger partial charge in [0, 0.05) is 12.3 Å². The topological polar surface area (TPSA) is 43.6 Å². The van der Waals surface area contributed by atoms with Gasteiger partial charge in [-0.3, -0.25) is 0 Å². The second-order valence-electron chi connectivity index (χ2n) is 3.55. The average Bonchev–Trinajstić information content (AvgIpc) is 2.74. The molecule has 4 nitrogen and oxygen atoms in total. The zero-order valence-corrected chi connectivity index (χ0v) is 10.2. The molecule has 0 atom stereocenters. The van der Waals surface area contributed by atoms with Crippen LogP contribution in [0.4, 0.5) is 0 Å². The van der Waals surface area contributed by atoms with Gasteiger partial charge in [0.15, 0.2) is 0 Å². The first kappa shape index (κ1) is 11.1. The van der Waals surface area contributed by atoms with Crippen molar-refractivity contribution >= 4 is 11.8 Å². The maximum atomic E-state index is 3.99. The molecule has 2 aromatic rings. The molecule has 0 saturated carbocycles. The van der Waals surface area contributed by atoms with Crippen LogP contribution in [0.25, 0.3) is 0 Å². The standard InChI is InChI=1S/C11H14N4S/c1-3-15-11(12-13-14-15)16-8-10-6-4-5-9(2)7-10/h4-7H,3,8H2,1-2H3. The van der Waals surface area contributed by atoms with Gasteiger partial charge in [0.05, 0.1) is 0 Å². The summed E-state index contributed by atoms with van der Waals surface area (Å²) in [4.78, 5) is 0. The molecule has 5 heteroatoms. The number of thioether (sulfide) groups is 1. The molecule has 0 saturated heterocycles. The lowest BCUT2D eigenvalue weighted by Gasteiger charge is -2.02. The van der Waals surface area contributed by atoms with Crippen LogP contribution in [0, 0.1) is 6.92 Å². The Balaban J connectivity index is 2.02. The quantitative estimate of drug-likeness (QED) is 0.761. The zero-order valence-electron chi connectivity index (χ0n) is 9.42. The molecule has 1 heterocycles. The van der Waals surface area contributed by atoms with Crippen LogP contribution >= 0.6 is 11.8 Å². The molecule has 0 aliphatic heterocycles. The number of benzene rings is 1. The van der Waals surface area contributed by atoms with Crippen molar-refractivity contribution < 1.29 is 0 Å². The fourth-order valence-corrected chi connectivity index (χ4v) is 2.33. The largest absolute Gasteiger partial charge is 0.221 e. The van der Waals surface area contributed by atoms with E-state index in [0.717, 1.165) is 17.5 Å². The molecule has 0 amide bonds. The smallest absolute Gasteiger partial charge is 0.209 e. The normalized spacial score (nSPS) is 10.6. The van der Waals surface area contributed by atoms with Gasteiger partial charge in [-0.2, -0.15) is 0 Å². The number of aryl methyl sites for hydroxylation is 2. The monoisotopic (exact) mass is 234 g/mol. The number of hydrogen-bond donors (Lipinski definition) is 0. The number of nitrogens with zero attached hydrogens (tertiary/aromatic N) is 4. The summed E-state index contributed by atoms with van der Waals surface area (Å²) in [5, 5.41) is 12.4. The Labute approximate surface area is 99.1 Å². The third-order valence-corrected chi connectivity index (χ3v) is 3.28. The van der Waals surface area contributed by atoms with Crippen molar-refractivity contribution in [3.8, 4) is 0 Å².